The quantitative estimate of drug-likeness (QED) is 0.893. The standard InChI is InChI=1S/C19H21N3O3S/c1-21(2)19(24)20-14-6-4-13(5-7-14)18-22(17(23)12-26-18)15-8-10-16(25-3)11-9-15/h4-11,18H,12H2,1-3H3,(H,20,24)/t18-/m1/s1. The van der Waals surface area contributed by atoms with E-state index in [-0.39, 0.29) is 17.3 Å². The van der Waals surface area contributed by atoms with Crippen molar-refractivity contribution in [3.63, 3.8) is 0 Å². The lowest BCUT2D eigenvalue weighted by Crippen LogP contribution is -2.28. The van der Waals surface area contributed by atoms with E-state index in [9.17, 15) is 9.59 Å². The Morgan fingerprint density at radius 1 is 1.15 bits per heavy atom. The van der Waals surface area contributed by atoms with Gasteiger partial charge in [0.15, 0.2) is 0 Å². The largest absolute Gasteiger partial charge is 0.497 e. The molecule has 3 rings (SSSR count). The Bertz CT molecular complexity index is 791. The monoisotopic (exact) mass is 371 g/mol. The lowest BCUT2D eigenvalue weighted by Gasteiger charge is -2.24. The van der Waals surface area contributed by atoms with Crippen molar-refractivity contribution in [3.05, 3.63) is 54.1 Å². The third-order valence-electron chi connectivity index (χ3n) is 4.07. The first-order valence-electron chi connectivity index (χ1n) is 8.15. The first kappa shape index (κ1) is 18.1. The van der Waals surface area contributed by atoms with Crippen molar-refractivity contribution in [1.82, 2.24) is 4.90 Å². The average molecular weight is 371 g/mol. The number of hydrogen-bond donors (Lipinski definition) is 1. The van der Waals surface area contributed by atoms with E-state index in [4.69, 9.17) is 4.74 Å². The highest BCUT2D eigenvalue weighted by atomic mass is 32.2. The molecule has 0 saturated carbocycles. The second kappa shape index (κ2) is 7.70. The molecule has 2 aromatic rings. The number of nitrogens with zero attached hydrogens (tertiary/aromatic N) is 2. The van der Waals surface area contributed by atoms with Gasteiger partial charge in [-0.1, -0.05) is 12.1 Å². The zero-order chi connectivity index (χ0) is 18.7. The van der Waals surface area contributed by atoms with Crippen molar-refractivity contribution in [2.45, 2.75) is 5.37 Å². The van der Waals surface area contributed by atoms with Gasteiger partial charge >= 0.3 is 6.03 Å². The van der Waals surface area contributed by atoms with Crippen LogP contribution in [0, 0.1) is 0 Å². The van der Waals surface area contributed by atoms with Crippen LogP contribution in [0.15, 0.2) is 48.5 Å². The zero-order valence-corrected chi connectivity index (χ0v) is 15.7. The Morgan fingerprint density at radius 3 is 2.38 bits per heavy atom. The van der Waals surface area contributed by atoms with E-state index in [2.05, 4.69) is 5.32 Å². The molecule has 0 aliphatic carbocycles. The lowest BCUT2D eigenvalue weighted by molar-refractivity contribution is -0.115. The van der Waals surface area contributed by atoms with E-state index in [0.29, 0.717) is 5.75 Å². The molecule has 1 aliphatic rings. The number of rotatable bonds is 4. The normalized spacial score (nSPS) is 16.5. The average Bonchev–Trinajstić information content (AvgIpc) is 3.04. The summed E-state index contributed by atoms with van der Waals surface area (Å²) in [5, 5.41) is 2.72. The van der Waals surface area contributed by atoms with Crippen molar-refractivity contribution in [3.8, 4) is 5.75 Å². The van der Waals surface area contributed by atoms with Crippen molar-refractivity contribution in [2.24, 2.45) is 0 Å². The predicted octanol–water partition coefficient (Wildman–Crippen LogP) is 3.57. The van der Waals surface area contributed by atoms with Gasteiger partial charge in [0.25, 0.3) is 0 Å². The van der Waals surface area contributed by atoms with Gasteiger partial charge in [-0.25, -0.2) is 4.79 Å². The van der Waals surface area contributed by atoms with Crippen LogP contribution in [0.2, 0.25) is 0 Å². The molecule has 136 valence electrons. The Balaban J connectivity index is 1.80. The summed E-state index contributed by atoms with van der Waals surface area (Å²) in [6.45, 7) is 0. The Labute approximate surface area is 157 Å². The van der Waals surface area contributed by atoms with Crippen LogP contribution >= 0.6 is 11.8 Å². The van der Waals surface area contributed by atoms with Crippen LogP contribution < -0.4 is 15.0 Å². The number of nitrogens with one attached hydrogen (secondary N) is 1. The number of carbonyl (C=O) groups excluding carboxylic acids is 2. The molecule has 1 fully saturated rings. The minimum atomic E-state index is -0.178. The van der Waals surface area contributed by atoms with Crippen LogP contribution in [-0.2, 0) is 4.79 Å². The molecule has 1 N–H and O–H groups in total. The Morgan fingerprint density at radius 2 is 1.81 bits per heavy atom. The molecule has 0 radical (unpaired) electrons. The van der Waals surface area contributed by atoms with Crippen LogP contribution in [0.5, 0.6) is 5.75 Å². The highest BCUT2D eigenvalue weighted by Gasteiger charge is 2.34. The number of amides is 3. The number of thioether (sulfide) groups is 1. The topological polar surface area (TPSA) is 61.9 Å². The maximum atomic E-state index is 12.4. The molecule has 7 heteroatoms. The summed E-state index contributed by atoms with van der Waals surface area (Å²) in [6.07, 6.45) is 0. The van der Waals surface area contributed by atoms with Gasteiger partial charge < -0.3 is 15.0 Å². The van der Waals surface area contributed by atoms with Gasteiger partial charge in [0, 0.05) is 25.5 Å². The van der Waals surface area contributed by atoms with E-state index in [0.717, 1.165) is 22.7 Å². The molecule has 1 atom stereocenters. The summed E-state index contributed by atoms with van der Waals surface area (Å²) in [4.78, 5) is 27.4. The predicted molar refractivity (Wildman–Crippen MR) is 105 cm³/mol. The summed E-state index contributed by atoms with van der Waals surface area (Å²) in [5.41, 5.74) is 2.58. The van der Waals surface area contributed by atoms with Crippen LogP contribution in [0.3, 0.4) is 0 Å². The highest BCUT2D eigenvalue weighted by Crippen LogP contribution is 2.42. The van der Waals surface area contributed by atoms with E-state index in [1.807, 2.05) is 48.5 Å². The third kappa shape index (κ3) is 3.77. The highest BCUT2D eigenvalue weighted by molar-refractivity contribution is 8.00. The van der Waals surface area contributed by atoms with Gasteiger partial charge in [-0.15, -0.1) is 11.8 Å². The van der Waals surface area contributed by atoms with Gasteiger partial charge in [-0.3, -0.25) is 9.69 Å². The van der Waals surface area contributed by atoms with Crippen LogP contribution in [0.25, 0.3) is 0 Å². The molecule has 1 saturated heterocycles. The lowest BCUT2D eigenvalue weighted by atomic mass is 10.1. The van der Waals surface area contributed by atoms with E-state index >= 15 is 0 Å². The fraction of sp³-hybridized carbons (Fsp3) is 0.263. The molecule has 3 amide bonds. The van der Waals surface area contributed by atoms with Crippen molar-refractivity contribution >= 4 is 35.1 Å². The summed E-state index contributed by atoms with van der Waals surface area (Å²) >= 11 is 1.59. The minimum Gasteiger partial charge on any atom is -0.497 e. The van der Waals surface area contributed by atoms with Crippen molar-refractivity contribution < 1.29 is 14.3 Å². The smallest absolute Gasteiger partial charge is 0.321 e. The fourth-order valence-electron chi connectivity index (χ4n) is 2.66. The van der Waals surface area contributed by atoms with Crippen molar-refractivity contribution in [2.75, 3.05) is 37.2 Å². The second-order valence-electron chi connectivity index (χ2n) is 6.07. The van der Waals surface area contributed by atoms with Crippen LogP contribution in [0.1, 0.15) is 10.9 Å². The number of methoxy groups -OCH3 is 1. The number of ether oxygens (including phenoxy) is 1. The minimum absolute atomic E-state index is 0.0788. The summed E-state index contributed by atoms with van der Waals surface area (Å²) in [7, 11) is 5.00. The van der Waals surface area contributed by atoms with E-state index in [1.54, 1.807) is 37.9 Å². The van der Waals surface area contributed by atoms with Crippen LogP contribution in [-0.4, -0.2) is 43.8 Å². The Hall–Kier alpha value is -2.67. The SMILES string of the molecule is COc1ccc(N2C(=O)CS[C@@H]2c2ccc(NC(=O)N(C)C)cc2)cc1. The molecular weight excluding hydrogens is 350 g/mol. The zero-order valence-electron chi connectivity index (χ0n) is 14.9. The molecule has 0 spiro atoms. The number of hydrogen-bond acceptors (Lipinski definition) is 4. The molecule has 1 aliphatic heterocycles. The fourth-order valence-corrected chi connectivity index (χ4v) is 3.84. The van der Waals surface area contributed by atoms with E-state index in [1.165, 1.54) is 4.90 Å². The number of anilines is 2. The number of urea groups is 1. The summed E-state index contributed by atoms with van der Waals surface area (Å²) in [6, 6.07) is 14.9. The Kier molecular flexibility index (Phi) is 5.37. The first-order valence-corrected chi connectivity index (χ1v) is 9.20. The van der Waals surface area contributed by atoms with Crippen LogP contribution in [0.4, 0.5) is 16.2 Å². The van der Waals surface area contributed by atoms with Gasteiger partial charge in [0.1, 0.15) is 11.1 Å². The second-order valence-corrected chi connectivity index (χ2v) is 7.14. The molecule has 0 aromatic heterocycles. The molecule has 1 heterocycles. The van der Waals surface area contributed by atoms with Gasteiger partial charge in [0.05, 0.1) is 12.9 Å². The molecule has 26 heavy (non-hydrogen) atoms. The van der Waals surface area contributed by atoms with Gasteiger partial charge in [-0.05, 0) is 42.0 Å². The molecule has 0 unspecified atom stereocenters. The third-order valence-corrected chi connectivity index (χ3v) is 5.28. The van der Waals surface area contributed by atoms with Crippen molar-refractivity contribution in [1.29, 1.82) is 0 Å². The maximum absolute atomic E-state index is 12.4. The first-order chi connectivity index (χ1) is 12.5. The number of carbonyl (C=O) groups is 2. The maximum Gasteiger partial charge on any atom is 0.321 e. The molecular formula is C19H21N3O3S. The summed E-state index contributed by atoms with van der Waals surface area (Å²) in [5.74, 6) is 1.27. The number of benzene rings is 2. The summed E-state index contributed by atoms with van der Waals surface area (Å²) < 4.78 is 5.19. The van der Waals surface area contributed by atoms with E-state index < -0.39 is 0 Å². The molecule has 0 bridgehead atoms. The van der Waals surface area contributed by atoms with Gasteiger partial charge in [-0.2, -0.15) is 0 Å². The van der Waals surface area contributed by atoms with Gasteiger partial charge in [0.2, 0.25) is 5.91 Å². The molecule has 6 nitrogen and oxygen atoms in total. The molecule has 2 aromatic carbocycles.